The zero-order chi connectivity index (χ0) is 32.4. The molecule has 3 aromatic heterocycles. The number of allylic oxidation sites excluding steroid dienone is 1. The minimum Gasteiger partial charge on any atom is -0.356 e. The molecule has 12 nitrogen and oxygen atoms in total. The van der Waals surface area contributed by atoms with E-state index in [0.29, 0.717) is 29.8 Å². The fourth-order valence-electron chi connectivity index (χ4n) is 6.65. The summed E-state index contributed by atoms with van der Waals surface area (Å²) in [6.07, 6.45) is 8.85. The van der Waals surface area contributed by atoms with Crippen LogP contribution in [0, 0.1) is 23.2 Å². The summed E-state index contributed by atoms with van der Waals surface area (Å²) >= 11 is 4.52. The molecule has 0 radical (unpaired) electrons. The molecule has 1 amide bonds. The van der Waals surface area contributed by atoms with Gasteiger partial charge in [0.15, 0.2) is 5.78 Å². The van der Waals surface area contributed by atoms with Crippen molar-refractivity contribution in [3.05, 3.63) is 99.6 Å². The Morgan fingerprint density at radius 2 is 1.67 bits per heavy atom. The molecule has 4 aromatic rings. The van der Waals surface area contributed by atoms with Crippen molar-refractivity contribution in [2.75, 3.05) is 13.1 Å². The van der Waals surface area contributed by atoms with Crippen LogP contribution in [0.15, 0.2) is 81.3 Å². The van der Waals surface area contributed by atoms with Crippen molar-refractivity contribution in [3.8, 4) is 6.07 Å². The predicted molar refractivity (Wildman–Crippen MR) is 172 cm³/mol. The van der Waals surface area contributed by atoms with Crippen molar-refractivity contribution < 1.29 is 18.0 Å². The number of thiophene rings is 1. The van der Waals surface area contributed by atoms with Gasteiger partial charge in [-0.2, -0.15) is 9.57 Å². The Balaban J connectivity index is 1.24. The number of carbonyl (C=O) groups is 2. The van der Waals surface area contributed by atoms with E-state index in [4.69, 9.17) is 0 Å². The molecule has 1 unspecified atom stereocenters. The number of benzene rings is 1. The number of nitrogens with one attached hydrogen (secondary N) is 1. The first-order valence-corrected chi connectivity index (χ1v) is 17.6. The highest BCUT2D eigenvalue weighted by Gasteiger charge is 2.65. The van der Waals surface area contributed by atoms with Crippen molar-refractivity contribution >= 4 is 49.0 Å². The van der Waals surface area contributed by atoms with Gasteiger partial charge >= 0.3 is 0 Å². The van der Waals surface area contributed by atoms with Crippen LogP contribution in [0.3, 0.4) is 0 Å². The summed E-state index contributed by atoms with van der Waals surface area (Å²) in [5.41, 5.74) is 1.32. The maximum Gasteiger partial charge on any atom is 0.254 e. The largest absolute Gasteiger partial charge is 0.356 e. The Hall–Kier alpha value is -4.10. The van der Waals surface area contributed by atoms with Crippen molar-refractivity contribution in [1.82, 2.24) is 33.6 Å². The molecule has 7 rings (SSSR count). The van der Waals surface area contributed by atoms with Crippen molar-refractivity contribution in [3.63, 3.8) is 0 Å². The highest BCUT2D eigenvalue weighted by Crippen LogP contribution is 2.53. The zero-order valence-electron chi connectivity index (χ0n) is 24.9. The van der Waals surface area contributed by atoms with E-state index in [0.717, 1.165) is 15.2 Å². The Kier molecular flexibility index (Phi) is 7.51. The van der Waals surface area contributed by atoms with E-state index in [2.05, 4.69) is 37.3 Å². The van der Waals surface area contributed by atoms with E-state index in [1.807, 2.05) is 23.2 Å². The van der Waals surface area contributed by atoms with Gasteiger partial charge in [-0.25, -0.2) is 18.4 Å². The molecule has 5 heterocycles. The van der Waals surface area contributed by atoms with Gasteiger partial charge in [0, 0.05) is 93.3 Å². The normalized spacial score (nSPS) is 23.0. The number of amides is 1. The van der Waals surface area contributed by atoms with Crippen LogP contribution in [0.1, 0.15) is 27.3 Å². The van der Waals surface area contributed by atoms with Gasteiger partial charge in [-0.05, 0) is 52.3 Å². The van der Waals surface area contributed by atoms with Crippen molar-refractivity contribution in [1.29, 1.82) is 5.26 Å². The number of imidazole rings is 2. The van der Waals surface area contributed by atoms with Gasteiger partial charge in [-0.3, -0.25) is 14.5 Å². The molecule has 2 aliphatic heterocycles. The summed E-state index contributed by atoms with van der Waals surface area (Å²) in [5, 5.41) is 12.7. The molecule has 1 saturated carbocycles. The molecule has 236 valence electrons. The molecule has 3 atom stereocenters. The first-order chi connectivity index (χ1) is 22.0. The molecule has 0 bridgehead atoms. The predicted octanol–water partition coefficient (Wildman–Crippen LogP) is 2.85. The Morgan fingerprint density at radius 3 is 2.17 bits per heavy atom. The SMILES string of the molecule is Cn1cncc1CC1(Cc2cncn2C)NC(=CC(=O)c2ccc(C#N)cc2)N(C2[C@H]3CN(S(=O)(=O)c4ccc(Br)s4)C[C@@H]23)C1=O. The second kappa shape index (κ2) is 11.3. The highest BCUT2D eigenvalue weighted by atomic mass is 79.9. The first kappa shape index (κ1) is 30.5. The number of aromatic nitrogens is 4. The fourth-order valence-corrected chi connectivity index (χ4v) is 10.3. The van der Waals surface area contributed by atoms with E-state index in [-0.39, 0.29) is 46.9 Å². The Labute approximate surface area is 278 Å². The van der Waals surface area contributed by atoms with E-state index in [9.17, 15) is 23.3 Å². The van der Waals surface area contributed by atoms with E-state index in [1.165, 1.54) is 21.7 Å². The molecular weight excluding hydrogens is 692 g/mol. The monoisotopic (exact) mass is 720 g/mol. The molecule has 15 heteroatoms. The molecule has 3 fully saturated rings. The lowest BCUT2D eigenvalue weighted by atomic mass is 9.88. The van der Waals surface area contributed by atoms with E-state index >= 15 is 0 Å². The molecule has 1 aromatic carbocycles. The van der Waals surface area contributed by atoms with Crippen LogP contribution in [0.5, 0.6) is 0 Å². The number of hydrogen-bond donors (Lipinski definition) is 1. The highest BCUT2D eigenvalue weighted by molar-refractivity contribution is 9.11. The van der Waals surface area contributed by atoms with Gasteiger partial charge in [0.25, 0.3) is 15.9 Å². The number of nitriles is 1. The lowest BCUT2D eigenvalue weighted by molar-refractivity contribution is -0.132. The summed E-state index contributed by atoms with van der Waals surface area (Å²) in [6.45, 7) is 0.564. The summed E-state index contributed by atoms with van der Waals surface area (Å²) < 4.78 is 33.0. The number of piperidine rings is 1. The van der Waals surface area contributed by atoms with Crippen LogP contribution in [-0.4, -0.2) is 73.1 Å². The van der Waals surface area contributed by atoms with Gasteiger partial charge in [0.05, 0.1) is 28.1 Å². The van der Waals surface area contributed by atoms with Crippen LogP contribution in [-0.2, 0) is 41.8 Å². The second-order valence-electron chi connectivity index (χ2n) is 12.0. The van der Waals surface area contributed by atoms with Crippen molar-refractivity contribution in [2.45, 2.75) is 28.6 Å². The standard InChI is InChI=1S/C31H29BrN8O4S2/c1-37-17-34-13-21(37)10-31(11-22-14-35-18-38(22)2)30(42)40(27(36-31)9-25(41)20-5-3-19(12-33)4-6-20)29-23-15-39(16-24(23)29)46(43,44)28-8-7-26(32)45-28/h3-9,13-14,17-18,23-24,29,36H,10-11,15-16H2,1-2H3/t23-,24+,29?. The topological polar surface area (TPSA) is 146 Å². The summed E-state index contributed by atoms with van der Waals surface area (Å²) in [4.78, 5) is 38.6. The molecule has 2 saturated heterocycles. The summed E-state index contributed by atoms with van der Waals surface area (Å²) in [5.74, 6) is -0.299. The average Bonchev–Trinajstić information content (AvgIpc) is 3.67. The number of ketones is 1. The minimum absolute atomic E-state index is 0.0819. The number of nitrogens with zero attached hydrogens (tertiary/aromatic N) is 7. The smallest absolute Gasteiger partial charge is 0.254 e. The van der Waals surface area contributed by atoms with Gasteiger partial charge in [0.1, 0.15) is 15.6 Å². The lowest BCUT2D eigenvalue weighted by Crippen LogP contribution is -2.51. The Morgan fingerprint density at radius 1 is 1.07 bits per heavy atom. The maximum atomic E-state index is 14.8. The van der Waals surface area contributed by atoms with Gasteiger partial charge in [0.2, 0.25) is 0 Å². The number of aryl methyl sites for hydroxylation is 2. The molecule has 1 N–H and O–H groups in total. The average molecular weight is 722 g/mol. The van der Waals surface area contributed by atoms with Crippen molar-refractivity contribution in [2.24, 2.45) is 25.9 Å². The number of sulfonamides is 1. The quantitative estimate of drug-likeness (QED) is 0.205. The summed E-state index contributed by atoms with van der Waals surface area (Å²) in [7, 11) is 0.0755. The molecule has 1 aliphatic carbocycles. The first-order valence-electron chi connectivity index (χ1n) is 14.5. The fraction of sp³-hybridized carbons (Fsp3) is 0.323. The third-order valence-electron chi connectivity index (χ3n) is 9.18. The van der Waals surface area contributed by atoms with Crippen LogP contribution in [0.4, 0.5) is 0 Å². The number of fused-ring (bicyclic) bond motifs is 1. The molecule has 0 spiro atoms. The number of carbonyl (C=O) groups excluding carboxylic acids is 2. The summed E-state index contributed by atoms with van der Waals surface area (Å²) in [6, 6.07) is 11.4. The number of rotatable bonds is 9. The third kappa shape index (κ3) is 5.19. The Bertz CT molecular complexity index is 1990. The van der Waals surface area contributed by atoms with Crippen LogP contribution < -0.4 is 5.32 Å². The van der Waals surface area contributed by atoms with E-state index in [1.54, 1.807) is 66.3 Å². The minimum atomic E-state index is -3.66. The molecule has 3 aliphatic rings. The lowest BCUT2D eigenvalue weighted by Gasteiger charge is -2.28. The van der Waals surface area contributed by atoms with Gasteiger partial charge < -0.3 is 14.5 Å². The third-order valence-corrected chi connectivity index (χ3v) is 13.1. The maximum absolute atomic E-state index is 14.8. The zero-order valence-corrected chi connectivity index (χ0v) is 28.1. The van der Waals surface area contributed by atoms with Crippen LogP contribution in [0.25, 0.3) is 0 Å². The van der Waals surface area contributed by atoms with Gasteiger partial charge in [-0.1, -0.05) is 0 Å². The molecule has 46 heavy (non-hydrogen) atoms. The van der Waals surface area contributed by atoms with Gasteiger partial charge in [-0.15, -0.1) is 11.3 Å². The number of halogens is 1. The van der Waals surface area contributed by atoms with Crippen LogP contribution in [0.2, 0.25) is 0 Å². The second-order valence-corrected chi connectivity index (χ2v) is 16.6. The molecular formula is C31H29BrN8O4S2. The van der Waals surface area contributed by atoms with Crippen LogP contribution >= 0.6 is 27.3 Å². The number of hydrogen-bond acceptors (Lipinski definition) is 9. The van der Waals surface area contributed by atoms with E-state index < -0.39 is 15.6 Å².